The van der Waals surface area contributed by atoms with Gasteiger partial charge in [0.2, 0.25) is 5.91 Å². The Morgan fingerprint density at radius 1 is 1.07 bits per heavy atom. The molecule has 3 aromatic rings. The van der Waals surface area contributed by atoms with Gasteiger partial charge in [0.05, 0.1) is 29.8 Å². The number of benzene rings is 2. The molecule has 152 valence electrons. The van der Waals surface area contributed by atoms with Crippen LogP contribution >= 0.6 is 11.3 Å². The molecule has 1 aromatic heterocycles. The van der Waals surface area contributed by atoms with Gasteiger partial charge in [0.25, 0.3) is 0 Å². The van der Waals surface area contributed by atoms with Crippen molar-refractivity contribution in [1.82, 2.24) is 4.98 Å². The summed E-state index contributed by atoms with van der Waals surface area (Å²) in [4.78, 5) is 29.9. The molecule has 0 saturated carbocycles. The number of fused-ring (bicyclic) bond motifs is 1. The van der Waals surface area contributed by atoms with Gasteiger partial charge in [-0.3, -0.25) is 9.59 Å². The number of hydrogen-bond acceptors (Lipinski definition) is 5. The van der Waals surface area contributed by atoms with Crippen LogP contribution in [0.15, 0.2) is 36.4 Å². The van der Waals surface area contributed by atoms with E-state index in [1.807, 2.05) is 0 Å². The summed E-state index contributed by atoms with van der Waals surface area (Å²) in [5, 5.41) is 0.373. The maximum Gasteiger partial charge on any atom is 0.306 e. The van der Waals surface area contributed by atoms with Crippen molar-refractivity contribution in [2.45, 2.75) is 26.3 Å². The number of carbonyl (C=O) groups is 2. The van der Waals surface area contributed by atoms with Gasteiger partial charge in [0.15, 0.2) is 11.6 Å². The third-order valence-corrected chi connectivity index (χ3v) is 5.12. The molecule has 0 fully saturated rings. The number of ether oxygens (including phenoxy) is 1. The number of amides is 1. The van der Waals surface area contributed by atoms with Gasteiger partial charge in [0, 0.05) is 12.1 Å². The van der Waals surface area contributed by atoms with Crippen molar-refractivity contribution in [1.29, 1.82) is 0 Å². The van der Waals surface area contributed by atoms with Crippen LogP contribution < -0.4 is 4.90 Å². The molecule has 0 spiro atoms. The average Bonchev–Trinajstić information content (AvgIpc) is 3.12. The van der Waals surface area contributed by atoms with Crippen LogP contribution in [0, 0.1) is 17.5 Å². The Balaban J connectivity index is 1.87. The molecular formula is C20H17F3N2O3S. The monoisotopic (exact) mass is 422 g/mol. The fourth-order valence-electron chi connectivity index (χ4n) is 2.71. The zero-order chi connectivity index (χ0) is 21.0. The highest BCUT2D eigenvalue weighted by Gasteiger charge is 2.21. The quantitative estimate of drug-likeness (QED) is 0.523. The molecule has 0 radical (unpaired) electrons. The average molecular weight is 422 g/mol. The fraction of sp³-hybridized carbons (Fsp3) is 0.250. The Kier molecular flexibility index (Phi) is 6.48. The van der Waals surface area contributed by atoms with Crippen LogP contribution in [0.2, 0.25) is 0 Å². The Morgan fingerprint density at radius 3 is 2.48 bits per heavy atom. The molecule has 0 N–H and O–H groups in total. The van der Waals surface area contributed by atoms with Crippen LogP contribution in [-0.2, 0) is 20.9 Å². The topological polar surface area (TPSA) is 59.5 Å². The molecule has 0 bridgehead atoms. The smallest absolute Gasteiger partial charge is 0.306 e. The van der Waals surface area contributed by atoms with E-state index in [0.29, 0.717) is 10.7 Å². The first-order chi connectivity index (χ1) is 13.9. The number of aromatic nitrogens is 1. The maximum absolute atomic E-state index is 14.0. The molecule has 0 unspecified atom stereocenters. The summed E-state index contributed by atoms with van der Waals surface area (Å²) < 4.78 is 45.6. The van der Waals surface area contributed by atoms with Crippen molar-refractivity contribution in [3.63, 3.8) is 0 Å². The van der Waals surface area contributed by atoms with Gasteiger partial charge < -0.3 is 9.64 Å². The molecule has 0 atom stereocenters. The van der Waals surface area contributed by atoms with Crippen molar-refractivity contribution >= 4 is 39.1 Å². The fourth-order valence-corrected chi connectivity index (χ4v) is 3.69. The molecule has 9 heteroatoms. The van der Waals surface area contributed by atoms with Crippen LogP contribution in [0.25, 0.3) is 10.2 Å². The molecule has 29 heavy (non-hydrogen) atoms. The molecule has 2 aromatic carbocycles. The molecule has 0 saturated heterocycles. The van der Waals surface area contributed by atoms with E-state index in [-0.39, 0.29) is 36.2 Å². The standard InChI is InChI=1S/C20H17F3N2O3S/c1-2-28-18(27)10-9-17(26)25(13-5-3-12(21)4-6-13)11-16-24-15-8-7-14(22)19(23)20(15)29-16/h3-8H,2,9-11H2,1H3. The predicted octanol–water partition coefficient (Wildman–Crippen LogP) is 4.59. The van der Waals surface area contributed by atoms with Crippen LogP contribution in [0.1, 0.15) is 24.8 Å². The van der Waals surface area contributed by atoms with Gasteiger partial charge in [-0.05, 0) is 43.3 Å². The number of esters is 1. The summed E-state index contributed by atoms with van der Waals surface area (Å²) >= 11 is 0.928. The summed E-state index contributed by atoms with van der Waals surface area (Å²) in [6.45, 7) is 1.84. The normalized spacial score (nSPS) is 10.9. The molecular weight excluding hydrogens is 405 g/mol. The number of anilines is 1. The number of nitrogens with zero attached hydrogens (tertiary/aromatic N) is 2. The Morgan fingerprint density at radius 2 is 1.79 bits per heavy atom. The van der Waals surface area contributed by atoms with Crippen LogP contribution in [-0.4, -0.2) is 23.5 Å². The molecule has 3 rings (SSSR count). The van der Waals surface area contributed by atoms with E-state index in [2.05, 4.69) is 4.98 Å². The van der Waals surface area contributed by atoms with Gasteiger partial charge in [-0.25, -0.2) is 18.2 Å². The first-order valence-corrected chi connectivity index (χ1v) is 9.65. The van der Waals surface area contributed by atoms with Gasteiger partial charge in [-0.1, -0.05) is 0 Å². The van der Waals surface area contributed by atoms with Crippen molar-refractivity contribution in [3.8, 4) is 0 Å². The lowest BCUT2D eigenvalue weighted by Gasteiger charge is -2.21. The number of halogens is 3. The van der Waals surface area contributed by atoms with E-state index in [1.165, 1.54) is 35.2 Å². The van der Waals surface area contributed by atoms with Crippen molar-refractivity contribution < 1.29 is 27.5 Å². The maximum atomic E-state index is 14.0. The molecule has 1 heterocycles. The SMILES string of the molecule is CCOC(=O)CCC(=O)N(Cc1nc2ccc(F)c(F)c2s1)c1ccc(F)cc1. The molecule has 0 aliphatic heterocycles. The van der Waals surface area contributed by atoms with Crippen LogP contribution in [0.4, 0.5) is 18.9 Å². The van der Waals surface area contributed by atoms with Crippen molar-refractivity contribution in [2.24, 2.45) is 0 Å². The van der Waals surface area contributed by atoms with Gasteiger partial charge in [0.1, 0.15) is 10.8 Å². The van der Waals surface area contributed by atoms with Crippen LogP contribution in [0.3, 0.4) is 0 Å². The number of thiazole rings is 1. The number of hydrogen-bond donors (Lipinski definition) is 0. The van der Waals surface area contributed by atoms with E-state index in [9.17, 15) is 22.8 Å². The summed E-state index contributed by atoms with van der Waals surface area (Å²) in [5.41, 5.74) is 0.674. The minimum Gasteiger partial charge on any atom is -0.466 e. The second kappa shape index (κ2) is 9.04. The van der Waals surface area contributed by atoms with E-state index in [1.54, 1.807) is 6.92 Å². The Bertz CT molecular complexity index is 1040. The zero-order valence-electron chi connectivity index (χ0n) is 15.5. The largest absolute Gasteiger partial charge is 0.466 e. The molecule has 1 amide bonds. The third-order valence-electron chi connectivity index (χ3n) is 4.08. The minimum atomic E-state index is -0.992. The second-order valence-corrected chi connectivity index (χ2v) is 7.16. The van der Waals surface area contributed by atoms with E-state index >= 15 is 0 Å². The number of rotatable bonds is 7. The Labute approximate surface area is 168 Å². The minimum absolute atomic E-state index is 0.0340. The van der Waals surface area contributed by atoms with Crippen molar-refractivity contribution in [3.05, 3.63) is 58.9 Å². The molecule has 0 aliphatic carbocycles. The highest BCUT2D eigenvalue weighted by atomic mass is 32.1. The third kappa shape index (κ3) is 4.92. The highest BCUT2D eigenvalue weighted by molar-refractivity contribution is 7.18. The lowest BCUT2D eigenvalue weighted by molar-refractivity contribution is -0.144. The van der Waals surface area contributed by atoms with E-state index < -0.39 is 29.3 Å². The molecule has 0 aliphatic rings. The zero-order valence-corrected chi connectivity index (χ0v) is 16.3. The summed E-state index contributed by atoms with van der Waals surface area (Å²) in [6, 6.07) is 7.60. The van der Waals surface area contributed by atoms with Crippen LogP contribution in [0.5, 0.6) is 0 Å². The van der Waals surface area contributed by atoms with Gasteiger partial charge in [-0.15, -0.1) is 11.3 Å². The van der Waals surface area contributed by atoms with Gasteiger partial charge >= 0.3 is 5.97 Å². The van der Waals surface area contributed by atoms with E-state index in [0.717, 1.165) is 17.4 Å². The predicted molar refractivity (Wildman–Crippen MR) is 103 cm³/mol. The first-order valence-electron chi connectivity index (χ1n) is 8.84. The summed E-state index contributed by atoms with van der Waals surface area (Å²) in [6.07, 6.45) is -0.228. The van der Waals surface area contributed by atoms with Crippen molar-refractivity contribution in [2.75, 3.05) is 11.5 Å². The Hall–Kier alpha value is -2.94. The lowest BCUT2D eigenvalue weighted by atomic mass is 10.2. The summed E-state index contributed by atoms with van der Waals surface area (Å²) in [5.74, 6) is -3.35. The van der Waals surface area contributed by atoms with E-state index in [4.69, 9.17) is 4.74 Å². The second-order valence-electron chi connectivity index (χ2n) is 6.08. The lowest BCUT2D eigenvalue weighted by Crippen LogP contribution is -2.30. The van der Waals surface area contributed by atoms with Gasteiger partial charge in [-0.2, -0.15) is 0 Å². The molecule has 5 nitrogen and oxygen atoms in total. The summed E-state index contributed by atoms with van der Waals surface area (Å²) in [7, 11) is 0. The highest BCUT2D eigenvalue weighted by Crippen LogP contribution is 2.29. The first kappa shape index (κ1) is 20.8. The number of carbonyl (C=O) groups excluding carboxylic acids is 2.